The molecule has 2 aliphatic rings. The second kappa shape index (κ2) is 3.15. The summed E-state index contributed by atoms with van der Waals surface area (Å²) in [5, 5.41) is 0. The third-order valence-electron chi connectivity index (χ3n) is 2.21. The van der Waals surface area contributed by atoms with Crippen LogP contribution in [0.25, 0.3) is 0 Å². The molecule has 14 heavy (non-hydrogen) atoms. The Morgan fingerprint density at radius 2 is 1.36 bits per heavy atom. The molecular formula is C10H10O4. The molecule has 0 aromatic heterocycles. The van der Waals surface area contributed by atoms with E-state index in [9.17, 15) is 0 Å². The molecule has 0 bridgehead atoms. The Labute approximate surface area is 81.3 Å². The largest absolute Gasteiger partial charge is 0.454 e. The van der Waals surface area contributed by atoms with Crippen molar-refractivity contribution in [2.24, 2.45) is 0 Å². The average Bonchev–Trinajstić information content (AvgIpc) is 2.26. The van der Waals surface area contributed by atoms with Crippen molar-refractivity contribution in [1.29, 1.82) is 0 Å². The molecule has 74 valence electrons. The SMILES string of the molecule is c1ccc2c(c1)OC1OCCOC1O2. The van der Waals surface area contributed by atoms with Crippen LogP contribution in [0.15, 0.2) is 24.3 Å². The molecule has 0 aliphatic carbocycles. The molecule has 2 aliphatic heterocycles. The van der Waals surface area contributed by atoms with Gasteiger partial charge in [0.1, 0.15) is 0 Å². The quantitative estimate of drug-likeness (QED) is 0.621. The van der Waals surface area contributed by atoms with Crippen molar-refractivity contribution in [2.45, 2.75) is 12.6 Å². The number of hydrogen-bond donors (Lipinski definition) is 0. The number of ether oxygens (including phenoxy) is 4. The van der Waals surface area contributed by atoms with E-state index in [1.165, 1.54) is 0 Å². The Kier molecular flexibility index (Phi) is 1.82. The van der Waals surface area contributed by atoms with E-state index in [4.69, 9.17) is 18.9 Å². The van der Waals surface area contributed by atoms with Crippen molar-refractivity contribution in [3.63, 3.8) is 0 Å². The molecule has 1 aromatic carbocycles. The lowest BCUT2D eigenvalue weighted by molar-refractivity contribution is -0.282. The molecule has 3 rings (SSSR count). The predicted molar refractivity (Wildman–Crippen MR) is 47.2 cm³/mol. The predicted octanol–water partition coefficient (Wildman–Crippen LogP) is 1.16. The van der Waals surface area contributed by atoms with Crippen LogP contribution in [-0.2, 0) is 9.47 Å². The molecule has 0 saturated carbocycles. The maximum absolute atomic E-state index is 5.56. The molecule has 0 amide bonds. The van der Waals surface area contributed by atoms with Crippen LogP contribution >= 0.6 is 0 Å². The lowest BCUT2D eigenvalue weighted by Gasteiger charge is -2.35. The van der Waals surface area contributed by atoms with Gasteiger partial charge in [-0.15, -0.1) is 0 Å². The van der Waals surface area contributed by atoms with Crippen molar-refractivity contribution in [3.05, 3.63) is 24.3 Å². The van der Waals surface area contributed by atoms with Crippen LogP contribution in [0.4, 0.5) is 0 Å². The highest BCUT2D eigenvalue weighted by Crippen LogP contribution is 2.34. The number of rotatable bonds is 0. The van der Waals surface area contributed by atoms with Gasteiger partial charge < -0.3 is 18.9 Å². The maximum atomic E-state index is 5.56. The first kappa shape index (κ1) is 8.08. The van der Waals surface area contributed by atoms with Crippen molar-refractivity contribution in [2.75, 3.05) is 13.2 Å². The van der Waals surface area contributed by atoms with E-state index in [1.54, 1.807) is 0 Å². The van der Waals surface area contributed by atoms with Gasteiger partial charge in [0.15, 0.2) is 11.5 Å². The van der Waals surface area contributed by atoms with E-state index in [0.717, 1.165) is 0 Å². The van der Waals surface area contributed by atoms with Gasteiger partial charge in [-0.25, -0.2) is 0 Å². The van der Waals surface area contributed by atoms with E-state index in [2.05, 4.69) is 0 Å². The van der Waals surface area contributed by atoms with Gasteiger partial charge in [-0.2, -0.15) is 0 Å². The van der Waals surface area contributed by atoms with Crippen LogP contribution in [0.5, 0.6) is 11.5 Å². The molecule has 2 atom stereocenters. The Morgan fingerprint density at radius 3 is 1.86 bits per heavy atom. The third-order valence-corrected chi connectivity index (χ3v) is 2.21. The van der Waals surface area contributed by atoms with Crippen LogP contribution < -0.4 is 9.47 Å². The first-order valence-electron chi connectivity index (χ1n) is 4.59. The highest BCUT2D eigenvalue weighted by Gasteiger charge is 2.35. The number of benzene rings is 1. The Morgan fingerprint density at radius 1 is 0.857 bits per heavy atom. The van der Waals surface area contributed by atoms with Crippen molar-refractivity contribution in [1.82, 2.24) is 0 Å². The molecule has 1 aromatic rings. The first-order chi connectivity index (χ1) is 6.93. The minimum atomic E-state index is -0.432. The number of hydrogen-bond acceptors (Lipinski definition) is 4. The summed E-state index contributed by atoms with van der Waals surface area (Å²) in [7, 11) is 0. The molecule has 2 heterocycles. The van der Waals surface area contributed by atoms with Crippen LogP contribution in [0, 0.1) is 0 Å². The summed E-state index contributed by atoms with van der Waals surface area (Å²) >= 11 is 0. The number of fused-ring (bicyclic) bond motifs is 2. The number of para-hydroxylation sites is 2. The smallest absolute Gasteiger partial charge is 0.263 e. The third kappa shape index (κ3) is 1.23. The van der Waals surface area contributed by atoms with Crippen molar-refractivity contribution in [3.8, 4) is 11.5 Å². The van der Waals surface area contributed by atoms with Crippen LogP contribution in [-0.4, -0.2) is 25.8 Å². The second-order valence-corrected chi connectivity index (χ2v) is 3.16. The monoisotopic (exact) mass is 194 g/mol. The summed E-state index contributed by atoms with van der Waals surface area (Å²) in [4.78, 5) is 0. The van der Waals surface area contributed by atoms with Gasteiger partial charge in [-0.05, 0) is 12.1 Å². The fourth-order valence-corrected chi connectivity index (χ4v) is 1.56. The first-order valence-corrected chi connectivity index (χ1v) is 4.59. The lowest BCUT2D eigenvalue weighted by atomic mass is 10.3. The van der Waals surface area contributed by atoms with Gasteiger partial charge in [0.2, 0.25) is 0 Å². The van der Waals surface area contributed by atoms with Gasteiger partial charge in [-0.3, -0.25) is 0 Å². The minimum Gasteiger partial charge on any atom is -0.454 e. The van der Waals surface area contributed by atoms with E-state index < -0.39 is 12.6 Å². The molecule has 2 unspecified atom stereocenters. The summed E-state index contributed by atoms with van der Waals surface area (Å²) in [6.45, 7) is 1.10. The zero-order chi connectivity index (χ0) is 9.38. The average molecular weight is 194 g/mol. The fraction of sp³-hybridized carbons (Fsp3) is 0.400. The lowest BCUT2D eigenvalue weighted by Crippen LogP contribution is -2.47. The Bertz CT molecular complexity index is 306. The van der Waals surface area contributed by atoms with Crippen LogP contribution in [0.3, 0.4) is 0 Å². The Balaban J connectivity index is 1.91. The van der Waals surface area contributed by atoms with Gasteiger partial charge in [0.05, 0.1) is 13.2 Å². The highest BCUT2D eigenvalue weighted by molar-refractivity contribution is 5.40. The molecule has 1 fully saturated rings. The molecule has 4 heteroatoms. The molecule has 1 saturated heterocycles. The normalized spacial score (nSPS) is 29.4. The standard InChI is InChI=1S/C10H10O4/c1-2-4-8-7(3-1)13-9-10(14-8)12-6-5-11-9/h1-4,9-10H,5-6H2. The van der Waals surface area contributed by atoms with Crippen molar-refractivity contribution >= 4 is 0 Å². The zero-order valence-corrected chi connectivity index (χ0v) is 7.51. The van der Waals surface area contributed by atoms with E-state index in [0.29, 0.717) is 24.7 Å². The summed E-state index contributed by atoms with van der Waals surface area (Å²) in [6, 6.07) is 7.49. The summed E-state index contributed by atoms with van der Waals surface area (Å²) in [5.41, 5.74) is 0. The van der Waals surface area contributed by atoms with Gasteiger partial charge in [0, 0.05) is 0 Å². The van der Waals surface area contributed by atoms with E-state index in [-0.39, 0.29) is 0 Å². The summed E-state index contributed by atoms with van der Waals surface area (Å²) in [6.07, 6.45) is -0.864. The topological polar surface area (TPSA) is 36.9 Å². The van der Waals surface area contributed by atoms with Gasteiger partial charge >= 0.3 is 0 Å². The zero-order valence-electron chi connectivity index (χ0n) is 7.51. The minimum absolute atomic E-state index is 0.432. The summed E-state index contributed by atoms with van der Waals surface area (Å²) < 4.78 is 21.9. The highest BCUT2D eigenvalue weighted by atomic mass is 16.8. The maximum Gasteiger partial charge on any atom is 0.263 e. The molecule has 0 radical (unpaired) electrons. The van der Waals surface area contributed by atoms with E-state index in [1.807, 2.05) is 24.3 Å². The van der Waals surface area contributed by atoms with Crippen LogP contribution in [0.2, 0.25) is 0 Å². The molecule has 4 nitrogen and oxygen atoms in total. The second-order valence-electron chi connectivity index (χ2n) is 3.16. The Hall–Kier alpha value is -1.26. The van der Waals surface area contributed by atoms with Crippen molar-refractivity contribution < 1.29 is 18.9 Å². The van der Waals surface area contributed by atoms with Gasteiger partial charge in [-0.1, -0.05) is 12.1 Å². The van der Waals surface area contributed by atoms with Gasteiger partial charge in [0.25, 0.3) is 12.6 Å². The fourth-order valence-electron chi connectivity index (χ4n) is 1.56. The summed E-state index contributed by atoms with van der Waals surface area (Å²) in [5.74, 6) is 1.42. The molecule has 0 N–H and O–H groups in total. The molecule has 0 spiro atoms. The van der Waals surface area contributed by atoms with E-state index >= 15 is 0 Å². The molecular weight excluding hydrogens is 184 g/mol. The van der Waals surface area contributed by atoms with Crippen LogP contribution in [0.1, 0.15) is 0 Å².